The van der Waals surface area contributed by atoms with Gasteiger partial charge in [0.15, 0.2) is 0 Å². The van der Waals surface area contributed by atoms with Crippen molar-refractivity contribution in [1.29, 1.82) is 0 Å². The predicted molar refractivity (Wildman–Crippen MR) is 132 cm³/mol. The van der Waals surface area contributed by atoms with Gasteiger partial charge in [0, 0.05) is 19.1 Å². The van der Waals surface area contributed by atoms with E-state index >= 15 is 0 Å². The van der Waals surface area contributed by atoms with Gasteiger partial charge in [-0.2, -0.15) is 0 Å². The average Bonchev–Trinajstić information content (AvgIpc) is 2.74. The summed E-state index contributed by atoms with van der Waals surface area (Å²) in [6, 6.07) is 11.7. The number of piperidine rings is 1. The molecule has 3 rings (SSSR count). The van der Waals surface area contributed by atoms with Crippen molar-refractivity contribution in [3.63, 3.8) is 0 Å². The molecule has 1 fully saturated rings. The summed E-state index contributed by atoms with van der Waals surface area (Å²) < 4.78 is 5.24. The number of carbonyl (C=O) groups excluding carboxylic acids is 1. The molecule has 0 aromatic heterocycles. The van der Waals surface area contributed by atoms with Gasteiger partial charge in [-0.25, -0.2) is 4.79 Å². The smallest absolute Gasteiger partial charge is 0.318 e. The van der Waals surface area contributed by atoms with E-state index in [0.29, 0.717) is 28.3 Å². The summed E-state index contributed by atoms with van der Waals surface area (Å²) in [6.07, 6.45) is 0.945. The van der Waals surface area contributed by atoms with Crippen molar-refractivity contribution in [2.45, 2.75) is 45.8 Å². The van der Waals surface area contributed by atoms with E-state index in [1.165, 1.54) is 5.56 Å². The van der Waals surface area contributed by atoms with Crippen LogP contribution in [0, 0.1) is 12.8 Å². The number of methoxy groups -OCH3 is 1. The second-order valence-corrected chi connectivity index (χ2v) is 9.62. The first-order chi connectivity index (χ1) is 15.2. The Hall–Kier alpha value is -1.95. The molecule has 1 aliphatic heterocycles. The summed E-state index contributed by atoms with van der Waals surface area (Å²) in [5.74, 6) is 0.888. The fraction of sp³-hybridized carbons (Fsp3) is 0.480. The highest BCUT2D eigenvalue weighted by Crippen LogP contribution is 2.37. The highest BCUT2D eigenvalue weighted by Gasteiger charge is 2.33. The predicted octanol–water partition coefficient (Wildman–Crippen LogP) is 5.92. The first-order valence-corrected chi connectivity index (χ1v) is 11.8. The van der Waals surface area contributed by atoms with Crippen LogP contribution >= 0.6 is 23.2 Å². The molecule has 0 aliphatic carbocycles. The molecule has 3 atom stereocenters. The second-order valence-electron chi connectivity index (χ2n) is 8.87. The Bertz CT molecular complexity index is 953. The Morgan fingerprint density at radius 1 is 1.28 bits per heavy atom. The minimum absolute atomic E-state index is 0.0941. The number of nitrogens with one attached hydrogen (secondary N) is 1. The molecule has 0 spiro atoms. The number of ether oxygens (including phenoxy) is 1. The molecule has 1 saturated heterocycles. The molecule has 0 radical (unpaired) electrons. The monoisotopic (exact) mass is 477 g/mol. The van der Waals surface area contributed by atoms with Crippen molar-refractivity contribution in [3.8, 4) is 5.75 Å². The van der Waals surface area contributed by atoms with E-state index in [1.54, 1.807) is 13.2 Å². The van der Waals surface area contributed by atoms with Gasteiger partial charge in [-0.15, -0.1) is 0 Å². The third-order valence-electron chi connectivity index (χ3n) is 6.26. The van der Waals surface area contributed by atoms with Gasteiger partial charge in [0.2, 0.25) is 0 Å². The third-order valence-corrected chi connectivity index (χ3v) is 7.14. The number of carbonyl (C=O) groups is 1. The zero-order valence-corrected chi connectivity index (χ0v) is 21.0. The van der Waals surface area contributed by atoms with E-state index < -0.39 is 0 Å². The third kappa shape index (κ3) is 5.69. The molecule has 1 heterocycles. The topological polar surface area (TPSA) is 44.8 Å². The molecule has 32 heavy (non-hydrogen) atoms. The van der Waals surface area contributed by atoms with Crippen LogP contribution in [0.1, 0.15) is 43.0 Å². The first-order valence-electron chi connectivity index (χ1n) is 11.0. The van der Waals surface area contributed by atoms with Crippen LogP contribution in [0.4, 0.5) is 4.79 Å². The quantitative estimate of drug-likeness (QED) is 0.560. The number of benzene rings is 2. The van der Waals surface area contributed by atoms with Crippen LogP contribution in [0.25, 0.3) is 0 Å². The van der Waals surface area contributed by atoms with E-state index in [9.17, 15) is 4.79 Å². The van der Waals surface area contributed by atoms with Crippen LogP contribution in [0.5, 0.6) is 5.75 Å². The van der Waals surface area contributed by atoms with Gasteiger partial charge < -0.3 is 19.9 Å². The van der Waals surface area contributed by atoms with Gasteiger partial charge >= 0.3 is 6.03 Å². The highest BCUT2D eigenvalue weighted by molar-refractivity contribution is 6.43. The van der Waals surface area contributed by atoms with Crippen molar-refractivity contribution in [1.82, 2.24) is 15.1 Å². The van der Waals surface area contributed by atoms with Crippen LogP contribution < -0.4 is 10.1 Å². The number of urea groups is 1. The largest absolute Gasteiger partial charge is 0.495 e. The minimum atomic E-state index is -0.306. The van der Waals surface area contributed by atoms with E-state index in [0.717, 1.165) is 30.6 Å². The molecule has 174 valence electrons. The number of hydrogen-bond acceptors (Lipinski definition) is 3. The van der Waals surface area contributed by atoms with Crippen molar-refractivity contribution >= 4 is 29.2 Å². The van der Waals surface area contributed by atoms with Gasteiger partial charge in [-0.1, -0.05) is 66.0 Å². The molecule has 2 aromatic rings. The summed E-state index contributed by atoms with van der Waals surface area (Å²) in [4.78, 5) is 17.9. The SMILES string of the molecule is COc1ccc([C@@H](C)NC(=O)N(Cc2cccc(C)c2)C2CCN(C)CC2C)c(Cl)c1Cl. The summed E-state index contributed by atoms with van der Waals surface area (Å²) >= 11 is 12.8. The molecular formula is C25H33Cl2N3O2. The lowest BCUT2D eigenvalue weighted by atomic mass is 9.92. The lowest BCUT2D eigenvalue weighted by Crippen LogP contribution is -2.53. The number of aryl methyl sites for hydroxylation is 1. The second kappa shape index (κ2) is 10.8. The maximum Gasteiger partial charge on any atom is 0.318 e. The van der Waals surface area contributed by atoms with Crippen LogP contribution in [-0.2, 0) is 6.54 Å². The highest BCUT2D eigenvalue weighted by atomic mass is 35.5. The lowest BCUT2D eigenvalue weighted by molar-refractivity contribution is 0.0874. The summed E-state index contributed by atoms with van der Waals surface area (Å²) in [6.45, 7) is 8.73. The Labute approximate surface area is 201 Å². The van der Waals surface area contributed by atoms with Gasteiger partial charge in [0.05, 0.1) is 18.2 Å². The Kier molecular flexibility index (Phi) is 8.32. The van der Waals surface area contributed by atoms with Gasteiger partial charge in [0.25, 0.3) is 0 Å². The van der Waals surface area contributed by atoms with Crippen molar-refractivity contribution in [3.05, 3.63) is 63.1 Å². The fourth-order valence-electron chi connectivity index (χ4n) is 4.54. The van der Waals surface area contributed by atoms with Crippen LogP contribution in [0.3, 0.4) is 0 Å². The van der Waals surface area contributed by atoms with E-state index in [1.807, 2.05) is 24.0 Å². The Balaban J connectivity index is 1.84. The Morgan fingerprint density at radius 3 is 2.69 bits per heavy atom. The van der Waals surface area contributed by atoms with Crippen LogP contribution in [0.15, 0.2) is 36.4 Å². The summed E-state index contributed by atoms with van der Waals surface area (Å²) in [7, 11) is 3.68. The maximum atomic E-state index is 13.6. The standard InChI is InChI=1S/C25H33Cl2N3O2/c1-16-7-6-8-19(13-16)15-30(21-11-12-29(4)14-17(21)2)25(31)28-18(3)20-9-10-22(32-5)24(27)23(20)26/h6-10,13,17-18,21H,11-12,14-15H2,1-5H3,(H,28,31)/t17?,18-,21?/m1/s1. The zero-order valence-electron chi connectivity index (χ0n) is 19.5. The minimum Gasteiger partial charge on any atom is -0.495 e. The molecule has 2 aromatic carbocycles. The van der Waals surface area contributed by atoms with Gasteiger partial charge in [0.1, 0.15) is 10.8 Å². The molecule has 5 nitrogen and oxygen atoms in total. The van der Waals surface area contributed by atoms with E-state index in [-0.39, 0.29) is 18.1 Å². The van der Waals surface area contributed by atoms with Crippen LogP contribution in [0.2, 0.25) is 10.0 Å². The number of likely N-dealkylation sites (tertiary alicyclic amines) is 1. The Morgan fingerprint density at radius 2 is 2.03 bits per heavy atom. The molecule has 1 N–H and O–H groups in total. The summed E-state index contributed by atoms with van der Waals surface area (Å²) in [5.41, 5.74) is 3.08. The normalized spacial score (nSPS) is 20.0. The van der Waals surface area contributed by atoms with Crippen molar-refractivity contribution in [2.75, 3.05) is 27.2 Å². The number of halogens is 2. The van der Waals surface area contributed by atoms with Gasteiger partial charge in [-0.3, -0.25) is 0 Å². The number of amides is 2. The van der Waals surface area contributed by atoms with Gasteiger partial charge in [-0.05, 0) is 57.0 Å². The number of nitrogens with zero attached hydrogens (tertiary/aromatic N) is 2. The molecule has 0 bridgehead atoms. The molecule has 1 aliphatic rings. The molecule has 2 unspecified atom stereocenters. The number of hydrogen-bond donors (Lipinski definition) is 1. The molecular weight excluding hydrogens is 445 g/mol. The fourth-order valence-corrected chi connectivity index (χ4v) is 5.11. The van der Waals surface area contributed by atoms with Crippen LogP contribution in [-0.4, -0.2) is 49.1 Å². The molecule has 0 saturated carbocycles. The van der Waals surface area contributed by atoms with E-state index in [2.05, 4.69) is 49.3 Å². The van der Waals surface area contributed by atoms with E-state index in [4.69, 9.17) is 27.9 Å². The number of rotatable bonds is 6. The average molecular weight is 478 g/mol. The molecule has 7 heteroatoms. The zero-order chi connectivity index (χ0) is 23.4. The lowest BCUT2D eigenvalue weighted by Gasteiger charge is -2.42. The van der Waals surface area contributed by atoms with Crippen molar-refractivity contribution < 1.29 is 9.53 Å². The first kappa shape index (κ1) is 24.7. The molecule has 2 amide bonds. The summed E-state index contributed by atoms with van der Waals surface area (Å²) in [5, 5.41) is 3.91. The van der Waals surface area contributed by atoms with Crippen molar-refractivity contribution in [2.24, 2.45) is 5.92 Å². The maximum absolute atomic E-state index is 13.6.